The molecule has 1 N–H and O–H groups in total. The Kier molecular flexibility index (Phi) is 5.03. The number of aromatic nitrogens is 3. The number of amides is 1. The number of nitrogens with one attached hydrogen (secondary N) is 1. The molecule has 2 aliphatic rings. The van der Waals surface area contributed by atoms with E-state index in [1.165, 1.54) is 6.26 Å². The van der Waals surface area contributed by atoms with E-state index in [9.17, 15) is 4.79 Å². The third-order valence-electron chi connectivity index (χ3n) is 5.44. The average molecular weight is 359 g/mol. The highest BCUT2D eigenvalue weighted by atomic mass is 16.5. The van der Waals surface area contributed by atoms with E-state index in [0.29, 0.717) is 24.0 Å². The van der Waals surface area contributed by atoms with Gasteiger partial charge < -0.3 is 14.1 Å². The minimum absolute atomic E-state index is 0.0424. The zero-order chi connectivity index (χ0) is 17.9. The first kappa shape index (κ1) is 17.2. The Bertz CT molecular complexity index is 721. The highest BCUT2D eigenvalue weighted by Crippen LogP contribution is 2.27. The largest absolute Gasteiger partial charge is 0.447 e. The van der Waals surface area contributed by atoms with Crippen molar-refractivity contribution in [3.05, 3.63) is 35.8 Å². The number of piperidine rings is 1. The van der Waals surface area contributed by atoms with Crippen LogP contribution in [0.5, 0.6) is 0 Å². The van der Waals surface area contributed by atoms with E-state index in [1.807, 2.05) is 11.0 Å². The Morgan fingerprint density at radius 2 is 2.19 bits per heavy atom. The Balaban J connectivity index is 1.31. The number of nitrogens with zero attached hydrogens (tertiary/aromatic N) is 4. The predicted molar refractivity (Wildman–Crippen MR) is 93.7 cm³/mol. The predicted octanol–water partition coefficient (Wildman–Crippen LogP) is 1.64. The van der Waals surface area contributed by atoms with Crippen molar-refractivity contribution in [3.63, 3.8) is 0 Å². The molecule has 0 aromatic carbocycles. The number of carbonyl (C=O) groups is 1. The molecule has 8 heteroatoms. The molecule has 1 amide bonds. The number of ether oxygens (including phenoxy) is 1. The molecule has 0 bridgehead atoms. The molecule has 0 spiro atoms. The Morgan fingerprint density at radius 3 is 2.88 bits per heavy atom. The van der Waals surface area contributed by atoms with E-state index in [-0.39, 0.29) is 12.0 Å². The van der Waals surface area contributed by atoms with Gasteiger partial charge in [-0.3, -0.25) is 14.8 Å². The molecule has 0 saturated carbocycles. The first-order valence-electron chi connectivity index (χ1n) is 9.21. The fraction of sp³-hybridized carbons (Fsp3) is 0.611. The van der Waals surface area contributed by atoms with Crippen molar-refractivity contribution in [2.45, 2.75) is 37.8 Å². The van der Waals surface area contributed by atoms with Crippen molar-refractivity contribution < 1.29 is 13.9 Å². The minimum Gasteiger partial charge on any atom is -0.447 e. The smallest absolute Gasteiger partial charge is 0.275 e. The molecule has 2 fully saturated rings. The molecule has 0 radical (unpaired) electrons. The number of rotatable bonds is 5. The first-order valence-corrected chi connectivity index (χ1v) is 9.21. The lowest BCUT2D eigenvalue weighted by Gasteiger charge is -2.30. The summed E-state index contributed by atoms with van der Waals surface area (Å²) in [5.74, 6) is 0.995. The standard InChI is InChI=1S/C18H25N5O3/c1-25-14-5-7-22(10-14)11-17-20-16(12-26-17)18(24)23-8-3-13(4-9-23)15-2-6-19-21-15/h2,6,12-14H,3-5,7-11H2,1H3,(H,19,21)/t14-/m0/s1. The fourth-order valence-corrected chi connectivity index (χ4v) is 3.86. The molecule has 2 saturated heterocycles. The minimum atomic E-state index is -0.0424. The number of hydrogen-bond acceptors (Lipinski definition) is 6. The van der Waals surface area contributed by atoms with Crippen LogP contribution < -0.4 is 0 Å². The Hall–Kier alpha value is -2.19. The van der Waals surface area contributed by atoms with Gasteiger partial charge in [-0.05, 0) is 25.3 Å². The summed E-state index contributed by atoms with van der Waals surface area (Å²) in [4.78, 5) is 21.2. The van der Waals surface area contributed by atoms with Crippen LogP contribution in [0.1, 0.15) is 47.3 Å². The van der Waals surface area contributed by atoms with Gasteiger partial charge in [0.05, 0.1) is 12.6 Å². The van der Waals surface area contributed by atoms with Crippen molar-refractivity contribution >= 4 is 5.91 Å². The van der Waals surface area contributed by atoms with Crippen LogP contribution in [-0.4, -0.2) is 70.3 Å². The summed E-state index contributed by atoms with van der Waals surface area (Å²) in [5, 5.41) is 7.05. The highest BCUT2D eigenvalue weighted by Gasteiger charge is 2.28. The van der Waals surface area contributed by atoms with E-state index in [0.717, 1.165) is 51.1 Å². The zero-order valence-electron chi connectivity index (χ0n) is 15.1. The third kappa shape index (κ3) is 3.66. The quantitative estimate of drug-likeness (QED) is 0.873. The summed E-state index contributed by atoms with van der Waals surface area (Å²) in [6.45, 7) is 3.92. The lowest BCUT2D eigenvalue weighted by Crippen LogP contribution is -2.38. The van der Waals surface area contributed by atoms with Crippen LogP contribution in [0.4, 0.5) is 0 Å². The number of aromatic amines is 1. The number of likely N-dealkylation sites (tertiary alicyclic amines) is 2. The van der Waals surface area contributed by atoms with Crippen molar-refractivity contribution in [1.29, 1.82) is 0 Å². The van der Waals surface area contributed by atoms with E-state index >= 15 is 0 Å². The van der Waals surface area contributed by atoms with Crippen LogP contribution in [0.2, 0.25) is 0 Å². The summed E-state index contributed by atoms with van der Waals surface area (Å²) in [5.41, 5.74) is 1.56. The van der Waals surface area contributed by atoms with E-state index < -0.39 is 0 Å². The second kappa shape index (κ2) is 7.59. The molecule has 2 aromatic heterocycles. The number of methoxy groups -OCH3 is 1. The highest BCUT2D eigenvalue weighted by molar-refractivity contribution is 5.92. The molecule has 4 rings (SSSR count). The first-order chi connectivity index (χ1) is 12.7. The van der Waals surface area contributed by atoms with Gasteiger partial charge in [-0.15, -0.1) is 0 Å². The molecule has 26 heavy (non-hydrogen) atoms. The maximum Gasteiger partial charge on any atom is 0.275 e. The summed E-state index contributed by atoms with van der Waals surface area (Å²) in [7, 11) is 1.74. The molecule has 1 atom stereocenters. The Labute approximate surface area is 152 Å². The van der Waals surface area contributed by atoms with Gasteiger partial charge in [-0.25, -0.2) is 4.98 Å². The van der Waals surface area contributed by atoms with Crippen molar-refractivity contribution in [1.82, 2.24) is 25.0 Å². The fourth-order valence-electron chi connectivity index (χ4n) is 3.86. The van der Waals surface area contributed by atoms with Gasteiger partial charge in [0.25, 0.3) is 5.91 Å². The molecule has 0 aliphatic carbocycles. The topological polar surface area (TPSA) is 87.5 Å². The lowest BCUT2D eigenvalue weighted by molar-refractivity contribution is 0.0706. The van der Waals surface area contributed by atoms with Gasteiger partial charge in [0.2, 0.25) is 5.89 Å². The van der Waals surface area contributed by atoms with Crippen LogP contribution in [0.15, 0.2) is 22.9 Å². The molecular formula is C18H25N5O3. The maximum atomic E-state index is 12.7. The molecule has 0 unspecified atom stereocenters. The zero-order valence-corrected chi connectivity index (χ0v) is 15.1. The number of H-pyrrole nitrogens is 1. The Morgan fingerprint density at radius 1 is 1.35 bits per heavy atom. The van der Waals surface area contributed by atoms with Gasteiger partial charge in [0.15, 0.2) is 5.69 Å². The summed E-state index contributed by atoms with van der Waals surface area (Å²) < 4.78 is 10.9. The summed E-state index contributed by atoms with van der Waals surface area (Å²) in [6.07, 6.45) is 6.44. The van der Waals surface area contributed by atoms with Crippen LogP contribution >= 0.6 is 0 Å². The van der Waals surface area contributed by atoms with Gasteiger partial charge in [-0.1, -0.05) is 0 Å². The van der Waals surface area contributed by atoms with Gasteiger partial charge in [-0.2, -0.15) is 5.10 Å². The molecule has 2 aliphatic heterocycles. The summed E-state index contributed by atoms with van der Waals surface area (Å²) in [6, 6.07) is 2.01. The number of oxazole rings is 1. The normalized spacial score (nSPS) is 22.2. The van der Waals surface area contributed by atoms with Crippen LogP contribution in [0.3, 0.4) is 0 Å². The molecule has 8 nitrogen and oxygen atoms in total. The van der Waals surface area contributed by atoms with E-state index in [1.54, 1.807) is 13.3 Å². The van der Waals surface area contributed by atoms with Crippen LogP contribution in [0, 0.1) is 0 Å². The lowest BCUT2D eigenvalue weighted by atomic mass is 9.93. The van der Waals surface area contributed by atoms with Crippen molar-refractivity contribution in [3.8, 4) is 0 Å². The number of carbonyl (C=O) groups excluding carboxylic acids is 1. The van der Waals surface area contributed by atoms with Crippen LogP contribution in [-0.2, 0) is 11.3 Å². The maximum absolute atomic E-state index is 12.7. The van der Waals surface area contributed by atoms with Crippen LogP contribution in [0.25, 0.3) is 0 Å². The van der Waals surface area contributed by atoms with E-state index in [4.69, 9.17) is 9.15 Å². The average Bonchev–Trinajstić information content (AvgIpc) is 3.43. The summed E-state index contributed by atoms with van der Waals surface area (Å²) >= 11 is 0. The molecule has 140 valence electrons. The molecular weight excluding hydrogens is 334 g/mol. The van der Waals surface area contributed by atoms with E-state index in [2.05, 4.69) is 20.1 Å². The third-order valence-corrected chi connectivity index (χ3v) is 5.44. The SMILES string of the molecule is CO[C@H]1CCN(Cc2nc(C(=O)N3CCC(c4ccn[nH]4)CC3)co2)C1. The monoisotopic (exact) mass is 359 g/mol. The molecule has 4 heterocycles. The second-order valence-electron chi connectivity index (χ2n) is 7.09. The second-order valence-corrected chi connectivity index (χ2v) is 7.09. The van der Waals surface area contributed by atoms with Crippen molar-refractivity contribution in [2.24, 2.45) is 0 Å². The van der Waals surface area contributed by atoms with Gasteiger partial charge in [0.1, 0.15) is 6.26 Å². The van der Waals surface area contributed by atoms with Gasteiger partial charge in [0, 0.05) is 51.1 Å². The molecule has 2 aromatic rings. The number of hydrogen-bond donors (Lipinski definition) is 1. The van der Waals surface area contributed by atoms with Crippen molar-refractivity contribution in [2.75, 3.05) is 33.3 Å². The van der Waals surface area contributed by atoms with Gasteiger partial charge >= 0.3 is 0 Å².